The third-order valence-corrected chi connectivity index (χ3v) is 5.33. The van der Waals surface area contributed by atoms with Crippen molar-refractivity contribution in [1.82, 2.24) is 0 Å². The van der Waals surface area contributed by atoms with Crippen LogP contribution in [0.1, 0.15) is 44.7 Å². The first-order chi connectivity index (χ1) is 7.25. The molecule has 1 aliphatic rings. The molecule has 16 heavy (non-hydrogen) atoms. The third kappa shape index (κ3) is 1.44. The Bertz CT molecular complexity index is 530. The molecule has 88 valence electrons. The zero-order valence-corrected chi connectivity index (χ0v) is 10.9. The van der Waals surface area contributed by atoms with Crippen molar-refractivity contribution < 1.29 is 8.42 Å². The van der Waals surface area contributed by atoms with E-state index in [0.717, 1.165) is 16.8 Å². The Balaban J connectivity index is 2.61. The van der Waals surface area contributed by atoms with E-state index in [4.69, 9.17) is 0 Å². The van der Waals surface area contributed by atoms with E-state index < -0.39 is 14.8 Å². The van der Waals surface area contributed by atoms with Gasteiger partial charge in [-0.2, -0.15) is 0 Å². The number of sulfonamides is 1. The van der Waals surface area contributed by atoms with E-state index in [-0.39, 0.29) is 0 Å². The van der Waals surface area contributed by atoms with Crippen LogP contribution in [0.2, 0.25) is 0 Å². The van der Waals surface area contributed by atoms with Crippen molar-refractivity contribution >= 4 is 15.7 Å². The number of fused-ring (bicyclic) bond motifs is 1. The van der Waals surface area contributed by atoms with Crippen LogP contribution in [0.5, 0.6) is 0 Å². The van der Waals surface area contributed by atoms with Crippen LogP contribution in [0.3, 0.4) is 0 Å². The summed E-state index contributed by atoms with van der Waals surface area (Å²) in [5, 5.41) is 0. The fourth-order valence-electron chi connectivity index (χ4n) is 1.95. The zero-order valence-electron chi connectivity index (χ0n) is 10.0. The Morgan fingerprint density at radius 3 is 2.44 bits per heavy atom. The van der Waals surface area contributed by atoms with Crippen LogP contribution in [0.4, 0.5) is 5.69 Å². The molecule has 0 unspecified atom stereocenters. The fourth-order valence-corrected chi connectivity index (χ4v) is 3.13. The van der Waals surface area contributed by atoms with Crippen molar-refractivity contribution in [1.29, 1.82) is 0 Å². The standard InChI is InChI=1S/C12H17NO2S/c1-8(2)9-5-6-10-11(7-9)13-16(14,15)12(10,3)4/h5-8,13H,1-4H3. The number of benzene rings is 1. The molecule has 3 nitrogen and oxygen atoms in total. The number of hydrogen-bond acceptors (Lipinski definition) is 2. The third-order valence-electron chi connectivity index (χ3n) is 3.28. The monoisotopic (exact) mass is 239 g/mol. The second-order valence-corrected chi connectivity index (χ2v) is 7.31. The SMILES string of the molecule is CC(C)c1ccc2c(c1)NS(=O)(=O)C2(C)C. The van der Waals surface area contributed by atoms with Gasteiger partial charge in [0, 0.05) is 0 Å². The van der Waals surface area contributed by atoms with Gasteiger partial charge in [0.05, 0.1) is 5.69 Å². The van der Waals surface area contributed by atoms with Crippen molar-refractivity contribution in [3.8, 4) is 0 Å². The number of hydrogen-bond donors (Lipinski definition) is 1. The maximum absolute atomic E-state index is 11.9. The lowest BCUT2D eigenvalue weighted by molar-refractivity contribution is 0.567. The fraction of sp³-hybridized carbons (Fsp3) is 0.500. The number of anilines is 1. The predicted molar refractivity (Wildman–Crippen MR) is 66.1 cm³/mol. The van der Waals surface area contributed by atoms with Crippen LogP contribution in [0.25, 0.3) is 0 Å². The van der Waals surface area contributed by atoms with Crippen LogP contribution >= 0.6 is 0 Å². The van der Waals surface area contributed by atoms with E-state index in [9.17, 15) is 8.42 Å². The molecule has 0 fully saturated rings. The second kappa shape index (κ2) is 3.23. The molecule has 1 aliphatic heterocycles. The normalized spacial score (nSPS) is 20.6. The van der Waals surface area contributed by atoms with Gasteiger partial charge in [-0.3, -0.25) is 4.72 Å². The topological polar surface area (TPSA) is 46.2 Å². The summed E-state index contributed by atoms with van der Waals surface area (Å²) in [5.74, 6) is 0.401. The molecule has 0 radical (unpaired) electrons. The minimum atomic E-state index is -3.28. The zero-order chi connectivity index (χ0) is 12.1. The molecule has 4 heteroatoms. The Morgan fingerprint density at radius 2 is 1.88 bits per heavy atom. The maximum Gasteiger partial charge on any atom is 0.242 e. The van der Waals surface area contributed by atoms with E-state index in [2.05, 4.69) is 18.6 Å². The van der Waals surface area contributed by atoms with Gasteiger partial charge in [-0.25, -0.2) is 8.42 Å². The molecule has 1 aromatic carbocycles. The summed E-state index contributed by atoms with van der Waals surface area (Å²) in [4.78, 5) is 0. The van der Waals surface area contributed by atoms with Crippen molar-refractivity contribution in [2.45, 2.75) is 38.4 Å². The van der Waals surface area contributed by atoms with E-state index in [1.807, 2.05) is 18.2 Å². The first kappa shape index (κ1) is 11.5. The predicted octanol–water partition coefficient (Wildman–Crippen LogP) is 2.80. The van der Waals surface area contributed by atoms with Crippen LogP contribution in [-0.4, -0.2) is 8.42 Å². The molecule has 2 rings (SSSR count). The summed E-state index contributed by atoms with van der Waals surface area (Å²) in [6, 6.07) is 5.86. The van der Waals surface area contributed by atoms with Crippen molar-refractivity contribution in [3.05, 3.63) is 29.3 Å². The lowest BCUT2D eigenvalue weighted by atomic mass is 9.95. The molecule has 0 saturated heterocycles. The molecule has 0 saturated carbocycles. The summed E-state index contributed by atoms with van der Waals surface area (Å²) in [7, 11) is -3.28. The van der Waals surface area contributed by atoms with Gasteiger partial charge < -0.3 is 0 Å². The molecular formula is C12H17NO2S. The van der Waals surface area contributed by atoms with Crippen molar-refractivity contribution in [2.75, 3.05) is 4.72 Å². The van der Waals surface area contributed by atoms with Gasteiger partial charge in [0.2, 0.25) is 10.0 Å². The van der Waals surface area contributed by atoms with Gasteiger partial charge in [-0.05, 0) is 37.0 Å². The van der Waals surface area contributed by atoms with Crippen LogP contribution in [-0.2, 0) is 14.8 Å². The van der Waals surface area contributed by atoms with Crippen molar-refractivity contribution in [2.24, 2.45) is 0 Å². The minimum absolute atomic E-state index is 0.401. The van der Waals surface area contributed by atoms with Crippen LogP contribution in [0.15, 0.2) is 18.2 Å². The Hall–Kier alpha value is -1.03. The second-order valence-electron chi connectivity index (χ2n) is 5.08. The Labute approximate surface area is 96.9 Å². The quantitative estimate of drug-likeness (QED) is 0.819. The highest BCUT2D eigenvalue weighted by atomic mass is 32.2. The van der Waals surface area contributed by atoms with Gasteiger partial charge >= 0.3 is 0 Å². The molecule has 0 spiro atoms. The van der Waals surface area contributed by atoms with Crippen molar-refractivity contribution in [3.63, 3.8) is 0 Å². The average molecular weight is 239 g/mol. The van der Waals surface area contributed by atoms with E-state index in [0.29, 0.717) is 5.92 Å². The highest BCUT2D eigenvalue weighted by molar-refractivity contribution is 7.94. The Morgan fingerprint density at radius 1 is 1.25 bits per heavy atom. The molecular weight excluding hydrogens is 222 g/mol. The smallest absolute Gasteiger partial charge is 0.242 e. The lowest BCUT2D eigenvalue weighted by Gasteiger charge is -2.16. The molecule has 0 aromatic heterocycles. The molecule has 0 atom stereocenters. The minimum Gasteiger partial charge on any atom is -0.282 e. The van der Waals surface area contributed by atoms with E-state index in [1.54, 1.807) is 13.8 Å². The van der Waals surface area contributed by atoms with Gasteiger partial charge in [0.15, 0.2) is 0 Å². The number of rotatable bonds is 1. The van der Waals surface area contributed by atoms with Crippen LogP contribution in [0, 0.1) is 0 Å². The van der Waals surface area contributed by atoms with Gasteiger partial charge in [0.1, 0.15) is 4.75 Å². The summed E-state index contributed by atoms with van der Waals surface area (Å²) in [6.07, 6.45) is 0. The maximum atomic E-state index is 11.9. The highest BCUT2D eigenvalue weighted by Gasteiger charge is 2.43. The van der Waals surface area contributed by atoms with Gasteiger partial charge in [0.25, 0.3) is 0 Å². The molecule has 1 aromatic rings. The highest BCUT2D eigenvalue weighted by Crippen LogP contribution is 2.43. The summed E-state index contributed by atoms with van der Waals surface area (Å²) >= 11 is 0. The lowest BCUT2D eigenvalue weighted by Crippen LogP contribution is -2.26. The van der Waals surface area contributed by atoms with E-state index >= 15 is 0 Å². The molecule has 0 aliphatic carbocycles. The summed E-state index contributed by atoms with van der Waals surface area (Å²) < 4.78 is 25.6. The largest absolute Gasteiger partial charge is 0.282 e. The summed E-state index contributed by atoms with van der Waals surface area (Å²) in [5.41, 5.74) is 2.74. The van der Waals surface area contributed by atoms with E-state index in [1.165, 1.54) is 0 Å². The van der Waals surface area contributed by atoms with Crippen LogP contribution < -0.4 is 4.72 Å². The number of nitrogens with one attached hydrogen (secondary N) is 1. The molecule has 0 amide bonds. The average Bonchev–Trinajstić information content (AvgIpc) is 2.32. The first-order valence-corrected chi connectivity index (χ1v) is 6.91. The molecule has 1 N–H and O–H groups in total. The molecule has 1 heterocycles. The first-order valence-electron chi connectivity index (χ1n) is 5.42. The Kier molecular flexibility index (Phi) is 2.31. The summed E-state index contributed by atoms with van der Waals surface area (Å²) in [6.45, 7) is 7.65. The molecule has 0 bridgehead atoms. The van der Waals surface area contributed by atoms with Gasteiger partial charge in [-0.1, -0.05) is 26.0 Å². The van der Waals surface area contributed by atoms with Gasteiger partial charge in [-0.15, -0.1) is 0 Å².